The Morgan fingerprint density at radius 3 is 2.70 bits per heavy atom. The molecular weight excluding hydrogens is 332 g/mol. The summed E-state index contributed by atoms with van der Waals surface area (Å²) < 4.78 is 1.74. The van der Waals surface area contributed by atoms with E-state index in [0.29, 0.717) is 0 Å². The van der Waals surface area contributed by atoms with Gasteiger partial charge in [-0.3, -0.25) is 14.4 Å². The van der Waals surface area contributed by atoms with E-state index in [1.54, 1.807) is 4.68 Å². The minimum absolute atomic E-state index is 0.147. The van der Waals surface area contributed by atoms with Crippen molar-refractivity contribution in [2.75, 3.05) is 26.2 Å². The average Bonchev–Trinajstić information content (AvgIpc) is 3.19. The maximum absolute atomic E-state index is 12.4. The molecule has 23 heavy (non-hydrogen) atoms. The first-order valence-electron chi connectivity index (χ1n) is 7.85. The summed E-state index contributed by atoms with van der Waals surface area (Å²) in [6.07, 6.45) is 0.882. The Morgan fingerprint density at radius 2 is 2.09 bits per heavy atom. The summed E-state index contributed by atoms with van der Waals surface area (Å²) >= 11 is 7.87. The van der Waals surface area contributed by atoms with Crippen molar-refractivity contribution in [1.82, 2.24) is 19.6 Å². The lowest BCUT2D eigenvalue weighted by atomic mass is 10.2. The molecule has 0 spiro atoms. The van der Waals surface area contributed by atoms with E-state index in [9.17, 15) is 4.79 Å². The van der Waals surface area contributed by atoms with Crippen LogP contribution in [0.4, 0.5) is 0 Å². The van der Waals surface area contributed by atoms with Crippen molar-refractivity contribution in [2.24, 2.45) is 7.05 Å². The van der Waals surface area contributed by atoms with Crippen molar-refractivity contribution in [2.45, 2.75) is 19.9 Å². The first kappa shape index (κ1) is 16.5. The van der Waals surface area contributed by atoms with Gasteiger partial charge in [-0.1, -0.05) is 24.6 Å². The molecule has 7 heteroatoms. The molecule has 0 N–H and O–H groups in total. The van der Waals surface area contributed by atoms with E-state index in [0.717, 1.165) is 60.4 Å². The lowest BCUT2D eigenvalue weighted by Gasteiger charge is -2.34. The number of halogens is 1. The van der Waals surface area contributed by atoms with E-state index in [-0.39, 0.29) is 5.91 Å². The molecule has 5 nitrogen and oxygen atoms in total. The number of aryl methyl sites for hydroxylation is 2. The number of hydrogen-bond acceptors (Lipinski definition) is 4. The molecule has 0 unspecified atom stereocenters. The highest BCUT2D eigenvalue weighted by Crippen LogP contribution is 2.22. The van der Waals surface area contributed by atoms with Crippen LogP contribution in [0.25, 0.3) is 0 Å². The van der Waals surface area contributed by atoms with Crippen LogP contribution in [0, 0.1) is 0 Å². The van der Waals surface area contributed by atoms with Crippen LogP contribution in [0.2, 0.25) is 5.15 Å². The Kier molecular flexibility index (Phi) is 5.04. The number of carbonyl (C=O) groups excluding carboxylic acids is 1. The highest BCUT2D eigenvalue weighted by molar-refractivity contribution is 7.12. The average molecular weight is 353 g/mol. The SMILES string of the molecule is CCc1nn(C)c(Cl)c1CN1CCN(C(=O)c2cccs2)CC1. The van der Waals surface area contributed by atoms with Gasteiger partial charge in [0.15, 0.2) is 0 Å². The van der Waals surface area contributed by atoms with Gasteiger partial charge in [-0.2, -0.15) is 5.10 Å². The molecule has 1 amide bonds. The summed E-state index contributed by atoms with van der Waals surface area (Å²) in [5, 5.41) is 7.13. The zero-order valence-corrected chi connectivity index (χ0v) is 15.0. The van der Waals surface area contributed by atoms with Crippen LogP contribution < -0.4 is 0 Å². The molecule has 1 aliphatic rings. The molecule has 0 radical (unpaired) electrons. The fourth-order valence-electron chi connectivity index (χ4n) is 2.93. The first-order valence-corrected chi connectivity index (χ1v) is 9.11. The highest BCUT2D eigenvalue weighted by Gasteiger charge is 2.24. The Labute approximate surface area is 145 Å². The summed E-state index contributed by atoms with van der Waals surface area (Å²) in [6, 6.07) is 3.81. The molecule has 3 heterocycles. The third kappa shape index (κ3) is 3.44. The first-order chi connectivity index (χ1) is 11.1. The van der Waals surface area contributed by atoms with E-state index in [4.69, 9.17) is 11.6 Å². The highest BCUT2D eigenvalue weighted by atomic mass is 35.5. The van der Waals surface area contributed by atoms with Crippen LogP contribution in [0.5, 0.6) is 0 Å². The molecule has 3 rings (SSSR count). The smallest absolute Gasteiger partial charge is 0.264 e. The second kappa shape index (κ2) is 7.03. The maximum Gasteiger partial charge on any atom is 0.264 e. The molecule has 0 aliphatic carbocycles. The molecule has 0 aromatic carbocycles. The lowest BCUT2D eigenvalue weighted by Crippen LogP contribution is -2.48. The van der Waals surface area contributed by atoms with Crippen LogP contribution in [0.1, 0.15) is 27.9 Å². The zero-order valence-electron chi connectivity index (χ0n) is 13.5. The van der Waals surface area contributed by atoms with Gasteiger partial charge in [0.2, 0.25) is 0 Å². The Morgan fingerprint density at radius 1 is 1.35 bits per heavy atom. The fourth-order valence-corrected chi connectivity index (χ4v) is 3.83. The Hall–Kier alpha value is -1.37. The molecular formula is C16H21ClN4OS. The van der Waals surface area contributed by atoms with Crippen LogP contribution in [-0.2, 0) is 20.0 Å². The molecule has 2 aromatic heterocycles. The number of aromatic nitrogens is 2. The van der Waals surface area contributed by atoms with E-state index in [1.165, 1.54) is 11.3 Å². The van der Waals surface area contributed by atoms with Gasteiger partial charge >= 0.3 is 0 Å². The predicted octanol–water partition coefficient (Wildman–Crippen LogP) is 2.66. The van der Waals surface area contributed by atoms with Gasteiger partial charge in [-0.05, 0) is 17.9 Å². The quantitative estimate of drug-likeness (QED) is 0.849. The van der Waals surface area contributed by atoms with Gasteiger partial charge in [-0.15, -0.1) is 11.3 Å². The summed E-state index contributed by atoms with van der Waals surface area (Å²) in [6.45, 7) is 6.15. The molecule has 1 aliphatic heterocycles. The van der Waals surface area contributed by atoms with Crippen molar-refractivity contribution in [3.8, 4) is 0 Å². The van der Waals surface area contributed by atoms with E-state index in [1.807, 2.05) is 29.5 Å². The molecule has 0 atom stereocenters. The number of hydrogen-bond donors (Lipinski definition) is 0. The minimum atomic E-state index is 0.147. The minimum Gasteiger partial charge on any atom is -0.335 e. The van der Waals surface area contributed by atoms with Gasteiger partial charge in [-0.25, -0.2) is 0 Å². The van der Waals surface area contributed by atoms with Gasteiger partial charge in [0, 0.05) is 45.3 Å². The Balaban J connectivity index is 1.60. The van der Waals surface area contributed by atoms with Crippen molar-refractivity contribution < 1.29 is 4.79 Å². The van der Waals surface area contributed by atoms with E-state index < -0.39 is 0 Å². The lowest BCUT2D eigenvalue weighted by molar-refractivity contribution is 0.0633. The van der Waals surface area contributed by atoms with Crippen molar-refractivity contribution in [3.05, 3.63) is 38.8 Å². The van der Waals surface area contributed by atoms with Gasteiger partial charge in [0.05, 0.1) is 10.6 Å². The Bertz CT molecular complexity index is 675. The van der Waals surface area contributed by atoms with Gasteiger partial charge in [0.25, 0.3) is 5.91 Å². The number of nitrogens with zero attached hydrogens (tertiary/aromatic N) is 4. The third-order valence-electron chi connectivity index (χ3n) is 4.26. The molecule has 0 saturated carbocycles. The summed E-state index contributed by atoms with van der Waals surface area (Å²) in [4.78, 5) is 17.5. The molecule has 124 valence electrons. The standard InChI is InChI=1S/C16H21ClN4OS/c1-3-13-12(15(17)19(2)18-13)11-20-6-8-21(9-7-20)16(22)14-5-4-10-23-14/h4-5,10H,3,6-9,11H2,1-2H3. The molecule has 0 bridgehead atoms. The van der Waals surface area contributed by atoms with Gasteiger partial charge in [0.1, 0.15) is 5.15 Å². The number of piperazine rings is 1. The van der Waals surface area contributed by atoms with Crippen LogP contribution in [-0.4, -0.2) is 51.7 Å². The number of amides is 1. The third-order valence-corrected chi connectivity index (χ3v) is 5.59. The van der Waals surface area contributed by atoms with Crippen molar-refractivity contribution in [3.63, 3.8) is 0 Å². The summed E-state index contributed by atoms with van der Waals surface area (Å²) in [5.74, 6) is 0.147. The molecule has 1 saturated heterocycles. The van der Waals surface area contributed by atoms with Crippen molar-refractivity contribution in [1.29, 1.82) is 0 Å². The number of thiophene rings is 1. The van der Waals surface area contributed by atoms with Crippen molar-refractivity contribution >= 4 is 28.8 Å². The topological polar surface area (TPSA) is 41.4 Å². The summed E-state index contributed by atoms with van der Waals surface area (Å²) in [5.41, 5.74) is 2.18. The second-order valence-electron chi connectivity index (χ2n) is 5.74. The predicted molar refractivity (Wildman–Crippen MR) is 93.1 cm³/mol. The molecule has 2 aromatic rings. The fraction of sp³-hybridized carbons (Fsp3) is 0.500. The monoisotopic (exact) mass is 352 g/mol. The van der Waals surface area contributed by atoms with E-state index >= 15 is 0 Å². The van der Waals surface area contributed by atoms with E-state index in [2.05, 4.69) is 16.9 Å². The normalized spacial score (nSPS) is 16.0. The van der Waals surface area contributed by atoms with Gasteiger partial charge < -0.3 is 4.90 Å². The zero-order chi connectivity index (χ0) is 16.4. The van der Waals surface area contributed by atoms with Crippen LogP contribution >= 0.6 is 22.9 Å². The number of carbonyl (C=O) groups is 1. The maximum atomic E-state index is 12.4. The molecule has 1 fully saturated rings. The number of rotatable bonds is 4. The van der Waals surface area contributed by atoms with Crippen LogP contribution in [0.3, 0.4) is 0 Å². The summed E-state index contributed by atoms with van der Waals surface area (Å²) in [7, 11) is 1.88. The second-order valence-corrected chi connectivity index (χ2v) is 7.04. The van der Waals surface area contributed by atoms with Crippen LogP contribution in [0.15, 0.2) is 17.5 Å². The largest absolute Gasteiger partial charge is 0.335 e.